The van der Waals surface area contributed by atoms with Crippen molar-refractivity contribution < 1.29 is 9.53 Å². The second-order valence-electron chi connectivity index (χ2n) is 6.92. The summed E-state index contributed by atoms with van der Waals surface area (Å²) in [7, 11) is 0. The molecule has 0 amide bonds. The highest BCUT2D eigenvalue weighted by molar-refractivity contribution is 6.01. The molecule has 3 atom stereocenters. The van der Waals surface area contributed by atoms with Crippen LogP contribution in [-0.2, 0) is 9.53 Å². The summed E-state index contributed by atoms with van der Waals surface area (Å²) in [5.41, 5.74) is 3.29. The molecule has 3 heterocycles. The molecule has 0 aromatic rings. The number of nitrogens with one attached hydrogen (secondary N) is 1. The van der Waals surface area contributed by atoms with E-state index in [-0.39, 0.29) is 17.5 Å². The van der Waals surface area contributed by atoms with E-state index in [1.807, 2.05) is 6.20 Å². The number of azo groups is 1. The zero-order valence-electron chi connectivity index (χ0n) is 12.0. The quantitative estimate of drug-likeness (QED) is 0.743. The van der Waals surface area contributed by atoms with Gasteiger partial charge in [-0.05, 0) is 38.0 Å². The van der Waals surface area contributed by atoms with Gasteiger partial charge in [-0.15, -0.1) is 0 Å². The first-order valence-electron chi connectivity index (χ1n) is 8.03. The number of hydrogen-bond donors (Lipinski definition) is 1. The smallest absolute Gasteiger partial charge is 0.164 e. The van der Waals surface area contributed by atoms with Crippen molar-refractivity contribution in [3.63, 3.8) is 0 Å². The summed E-state index contributed by atoms with van der Waals surface area (Å²) in [4.78, 5) is 13.1. The highest BCUT2D eigenvalue weighted by atomic mass is 16.5. The second kappa shape index (κ2) is 4.03. The fraction of sp³-hybridized carbons (Fsp3) is 0.688. The lowest BCUT2D eigenvalue weighted by molar-refractivity contribution is -0.121. The van der Waals surface area contributed by atoms with Gasteiger partial charge in [0.25, 0.3) is 0 Å². The lowest BCUT2D eigenvalue weighted by atomic mass is 9.61. The lowest BCUT2D eigenvalue weighted by Gasteiger charge is -2.48. The normalized spacial score (nSPS) is 39.1. The summed E-state index contributed by atoms with van der Waals surface area (Å²) < 4.78 is 5.59. The third-order valence-electron chi connectivity index (χ3n) is 6.07. The van der Waals surface area contributed by atoms with Crippen molar-refractivity contribution in [3.05, 3.63) is 23.0 Å². The van der Waals surface area contributed by atoms with E-state index in [9.17, 15) is 4.79 Å². The Hall–Kier alpha value is -1.49. The Morgan fingerprint density at radius 3 is 2.90 bits per heavy atom. The third kappa shape index (κ3) is 1.42. The van der Waals surface area contributed by atoms with Gasteiger partial charge >= 0.3 is 0 Å². The van der Waals surface area contributed by atoms with Crippen molar-refractivity contribution in [1.29, 1.82) is 0 Å². The van der Waals surface area contributed by atoms with E-state index in [2.05, 4.69) is 15.5 Å². The fourth-order valence-corrected chi connectivity index (χ4v) is 5.04. The Morgan fingerprint density at radius 2 is 2.05 bits per heavy atom. The van der Waals surface area contributed by atoms with Gasteiger partial charge in [-0.25, -0.2) is 0 Å². The SMILES string of the molecule is O=C1C2=C(NC3N=NC=C3C23CCOCC3)[C@H]2CC[C@@H]1C2. The molecule has 5 rings (SSSR count). The molecule has 5 nitrogen and oxygen atoms in total. The molecule has 2 bridgehead atoms. The van der Waals surface area contributed by atoms with E-state index in [4.69, 9.17) is 4.74 Å². The van der Waals surface area contributed by atoms with Gasteiger partial charge in [0.05, 0.1) is 6.20 Å². The number of carbonyl (C=O) groups excluding carboxylic acids is 1. The Labute approximate surface area is 123 Å². The number of ketones is 1. The van der Waals surface area contributed by atoms with Crippen molar-refractivity contribution in [2.45, 2.75) is 38.3 Å². The zero-order chi connectivity index (χ0) is 14.0. The van der Waals surface area contributed by atoms with Crippen molar-refractivity contribution in [2.24, 2.45) is 27.5 Å². The summed E-state index contributed by atoms with van der Waals surface area (Å²) in [5, 5.41) is 12.0. The number of Topliss-reactive ketones (excluding diaryl/α,β-unsaturated/α-hetero) is 1. The summed E-state index contributed by atoms with van der Waals surface area (Å²) in [5.74, 6) is 1.17. The monoisotopic (exact) mass is 285 g/mol. The molecule has 0 radical (unpaired) electrons. The molecule has 2 fully saturated rings. The second-order valence-corrected chi connectivity index (χ2v) is 6.92. The molecule has 0 aromatic carbocycles. The average molecular weight is 285 g/mol. The number of hydrogen-bond acceptors (Lipinski definition) is 5. The summed E-state index contributed by atoms with van der Waals surface area (Å²) in [6.07, 6.45) is 6.84. The molecule has 3 aliphatic heterocycles. The molecule has 1 unspecified atom stereocenters. The number of ether oxygens (including phenoxy) is 1. The van der Waals surface area contributed by atoms with Gasteiger partial charge in [-0.2, -0.15) is 10.2 Å². The van der Waals surface area contributed by atoms with Crippen LogP contribution < -0.4 is 5.32 Å². The van der Waals surface area contributed by atoms with Gasteiger partial charge in [0.2, 0.25) is 0 Å². The van der Waals surface area contributed by atoms with Crippen LogP contribution >= 0.6 is 0 Å². The number of allylic oxidation sites excluding steroid dienone is 2. The van der Waals surface area contributed by atoms with E-state index in [1.54, 1.807) is 0 Å². The molecule has 110 valence electrons. The van der Waals surface area contributed by atoms with Crippen LogP contribution in [0, 0.1) is 17.3 Å². The van der Waals surface area contributed by atoms with E-state index >= 15 is 0 Å². The first-order valence-corrected chi connectivity index (χ1v) is 8.03. The minimum atomic E-state index is -0.161. The van der Waals surface area contributed by atoms with E-state index < -0.39 is 0 Å². The minimum absolute atomic E-state index is 0.0493. The van der Waals surface area contributed by atoms with Crippen molar-refractivity contribution in [3.8, 4) is 0 Å². The van der Waals surface area contributed by atoms with Gasteiger partial charge in [-0.1, -0.05) is 0 Å². The topological polar surface area (TPSA) is 63.0 Å². The Morgan fingerprint density at radius 1 is 1.24 bits per heavy atom. The third-order valence-corrected chi connectivity index (χ3v) is 6.07. The van der Waals surface area contributed by atoms with Crippen LogP contribution in [0.4, 0.5) is 0 Å². The molecule has 5 aliphatic rings. The number of rotatable bonds is 0. The lowest BCUT2D eigenvalue weighted by Crippen LogP contribution is -2.51. The summed E-state index contributed by atoms with van der Waals surface area (Å²) in [6.45, 7) is 1.45. The van der Waals surface area contributed by atoms with Crippen LogP contribution in [0.15, 0.2) is 33.3 Å². The average Bonchev–Trinajstić information content (AvgIpc) is 3.14. The van der Waals surface area contributed by atoms with Crippen molar-refractivity contribution in [2.75, 3.05) is 13.2 Å². The highest BCUT2D eigenvalue weighted by Crippen LogP contribution is 2.57. The number of fused-ring (bicyclic) bond motifs is 6. The van der Waals surface area contributed by atoms with E-state index in [1.165, 1.54) is 11.3 Å². The van der Waals surface area contributed by atoms with E-state index in [0.717, 1.165) is 50.9 Å². The van der Waals surface area contributed by atoms with Crippen molar-refractivity contribution >= 4 is 5.78 Å². The standard InChI is InChI=1S/C16H19N3O2/c20-14-10-2-1-9(7-10)13-12(14)16(3-5-21-6-4-16)11-8-17-19-15(11)18-13/h8-10,15,18H,1-7H2/t9-,10+,15?/m0/s1. The van der Waals surface area contributed by atoms with Gasteiger partial charge in [0.1, 0.15) is 0 Å². The van der Waals surface area contributed by atoms with Crippen LogP contribution in [0.25, 0.3) is 0 Å². The van der Waals surface area contributed by atoms with Gasteiger partial charge < -0.3 is 10.1 Å². The molecule has 1 saturated heterocycles. The maximum atomic E-state index is 13.1. The first-order chi connectivity index (χ1) is 10.3. The highest BCUT2D eigenvalue weighted by Gasteiger charge is 2.55. The van der Waals surface area contributed by atoms with Gasteiger partial charge in [0.15, 0.2) is 11.9 Å². The first kappa shape index (κ1) is 12.1. The molecule has 1 saturated carbocycles. The predicted molar refractivity (Wildman–Crippen MR) is 75.2 cm³/mol. The fourth-order valence-electron chi connectivity index (χ4n) is 5.04. The van der Waals surface area contributed by atoms with Crippen LogP contribution in [-0.4, -0.2) is 25.2 Å². The Kier molecular flexibility index (Phi) is 2.32. The molecule has 21 heavy (non-hydrogen) atoms. The summed E-state index contributed by atoms with van der Waals surface area (Å²) in [6, 6.07) is 0. The summed E-state index contributed by atoms with van der Waals surface area (Å²) >= 11 is 0. The molecular weight excluding hydrogens is 266 g/mol. The molecule has 1 N–H and O–H groups in total. The molecule has 2 aliphatic carbocycles. The van der Waals surface area contributed by atoms with Gasteiger partial charge in [0, 0.05) is 41.4 Å². The predicted octanol–water partition coefficient (Wildman–Crippen LogP) is 2.32. The van der Waals surface area contributed by atoms with Crippen LogP contribution in [0.2, 0.25) is 0 Å². The molecule has 5 heteroatoms. The Bertz CT molecular complexity index is 613. The van der Waals surface area contributed by atoms with Crippen LogP contribution in [0.3, 0.4) is 0 Å². The van der Waals surface area contributed by atoms with Crippen LogP contribution in [0.1, 0.15) is 32.1 Å². The minimum Gasteiger partial charge on any atom is -0.381 e. The zero-order valence-corrected chi connectivity index (χ0v) is 12.0. The number of nitrogens with zero attached hydrogens (tertiary/aromatic N) is 2. The largest absolute Gasteiger partial charge is 0.381 e. The van der Waals surface area contributed by atoms with Crippen LogP contribution in [0.5, 0.6) is 0 Å². The molecular formula is C16H19N3O2. The maximum absolute atomic E-state index is 13.1. The van der Waals surface area contributed by atoms with Gasteiger partial charge in [-0.3, -0.25) is 4.79 Å². The van der Waals surface area contributed by atoms with E-state index in [0.29, 0.717) is 11.7 Å². The van der Waals surface area contributed by atoms with Crippen molar-refractivity contribution in [1.82, 2.24) is 5.32 Å². The number of carbonyl (C=O) groups is 1. The Balaban J connectivity index is 1.72. The molecule has 0 aromatic heterocycles. The molecule has 1 spiro atoms. The maximum Gasteiger partial charge on any atom is 0.164 e.